The quantitative estimate of drug-likeness (QED) is 0.803. The molecule has 1 aliphatic rings. The zero-order valence-corrected chi connectivity index (χ0v) is 12.8. The number of Topliss-reactive ketones (excluding diaryl/α,β-unsaturated/α-hetero) is 1. The van der Waals surface area contributed by atoms with E-state index in [2.05, 4.69) is 0 Å². The SMILES string of the molecule is CN(C)CCN1C(=O)C(=O)c2c1ccc(Cl)c2Cl.Cl. The highest BCUT2D eigenvalue weighted by Gasteiger charge is 2.37. The van der Waals surface area contributed by atoms with Crippen molar-refractivity contribution in [2.75, 3.05) is 32.1 Å². The molecular weight excluding hydrogens is 311 g/mol. The Bertz CT molecular complexity index is 532. The fraction of sp³-hybridized carbons (Fsp3) is 0.333. The van der Waals surface area contributed by atoms with Crippen molar-refractivity contribution in [3.8, 4) is 0 Å². The van der Waals surface area contributed by atoms with Gasteiger partial charge >= 0.3 is 0 Å². The Morgan fingerprint density at radius 1 is 1.21 bits per heavy atom. The highest BCUT2D eigenvalue weighted by atomic mass is 35.5. The van der Waals surface area contributed by atoms with Crippen LogP contribution in [0.15, 0.2) is 12.1 Å². The lowest BCUT2D eigenvalue weighted by Crippen LogP contribution is -2.35. The molecule has 1 heterocycles. The zero-order valence-electron chi connectivity index (χ0n) is 10.4. The van der Waals surface area contributed by atoms with Crippen molar-refractivity contribution in [1.82, 2.24) is 4.90 Å². The van der Waals surface area contributed by atoms with Gasteiger partial charge in [-0.05, 0) is 26.2 Å². The van der Waals surface area contributed by atoms with Crippen molar-refractivity contribution in [1.29, 1.82) is 0 Å². The van der Waals surface area contributed by atoms with Gasteiger partial charge in [-0.2, -0.15) is 0 Å². The van der Waals surface area contributed by atoms with E-state index in [-0.39, 0.29) is 28.0 Å². The van der Waals surface area contributed by atoms with Gasteiger partial charge < -0.3 is 9.80 Å². The molecule has 7 heteroatoms. The number of ketones is 1. The maximum atomic E-state index is 11.9. The molecule has 0 bridgehead atoms. The molecule has 0 N–H and O–H groups in total. The van der Waals surface area contributed by atoms with Crippen molar-refractivity contribution in [2.24, 2.45) is 0 Å². The van der Waals surface area contributed by atoms with E-state index in [9.17, 15) is 9.59 Å². The van der Waals surface area contributed by atoms with Gasteiger partial charge in [0.15, 0.2) is 0 Å². The molecule has 0 atom stereocenters. The molecule has 0 aromatic heterocycles. The third-order valence-electron chi connectivity index (χ3n) is 2.80. The van der Waals surface area contributed by atoms with Crippen molar-refractivity contribution in [3.05, 3.63) is 27.7 Å². The van der Waals surface area contributed by atoms with Crippen LogP contribution in [0.25, 0.3) is 0 Å². The monoisotopic (exact) mass is 322 g/mol. The van der Waals surface area contributed by atoms with Crippen LogP contribution in [0.5, 0.6) is 0 Å². The molecule has 104 valence electrons. The largest absolute Gasteiger partial charge is 0.308 e. The number of carbonyl (C=O) groups excluding carboxylic acids is 2. The summed E-state index contributed by atoms with van der Waals surface area (Å²) in [6.07, 6.45) is 0. The second-order valence-corrected chi connectivity index (χ2v) is 5.13. The Kier molecular flexibility index (Phi) is 5.21. The average Bonchev–Trinajstić information content (AvgIpc) is 2.55. The third kappa shape index (κ3) is 2.87. The molecule has 1 aromatic carbocycles. The van der Waals surface area contributed by atoms with Crippen LogP contribution in [-0.4, -0.2) is 43.8 Å². The maximum absolute atomic E-state index is 11.9. The van der Waals surface area contributed by atoms with Crippen molar-refractivity contribution in [2.45, 2.75) is 0 Å². The molecule has 0 aliphatic carbocycles. The molecule has 0 fully saturated rings. The molecule has 1 aliphatic heterocycles. The van der Waals surface area contributed by atoms with Gasteiger partial charge in [0.25, 0.3) is 11.7 Å². The summed E-state index contributed by atoms with van der Waals surface area (Å²) in [5.41, 5.74) is 0.758. The van der Waals surface area contributed by atoms with Gasteiger partial charge in [-0.1, -0.05) is 23.2 Å². The first-order chi connectivity index (χ1) is 8.43. The number of halogens is 3. The van der Waals surface area contributed by atoms with Gasteiger partial charge in [0.1, 0.15) is 0 Å². The number of fused-ring (bicyclic) bond motifs is 1. The van der Waals surface area contributed by atoms with Crippen LogP contribution in [0.2, 0.25) is 10.0 Å². The van der Waals surface area contributed by atoms with Crippen LogP contribution in [0, 0.1) is 0 Å². The first kappa shape index (κ1) is 16.2. The second-order valence-electron chi connectivity index (χ2n) is 4.34. The topological polar surface area (TPSA) is 40.6 Å². The Morgan fingerprint density at radius 3 is 2.42 bits per heavy atom. The van der Waals surface area contributed by atoms with Crippen molar-refractivity contribution in [3.63, 3.8) is 0 Å². The number of rotatable bonds is 3. The zero-order chi connectivity index (χ0) is 13.4. The van der Waals surface area contributed by atoms with E-state index in [1.807, 2.05) is 19.0 Å². The summed E-state index contributed by atoms with van der Waals surface area (Å²) >= 11 is 11.8. The maximum Gasteiger partial charge on any atom is 0.299 e. The Labute approximate surface area is 127 Å². The normalized spacial score (nSPS) is 13.8. The van der Waals surface area contributed by atoms with Crippen molar-refractivity contribution >= 4 is 53.0 Å². The highest BCUT2D eigenvalue weighted by Crippen LogP contribution is 2.38. The van der Waals surface area contributed by atoms with Crippen LogP contribution >= 0.6 is 35.6 Å². The first-order valence-electron chi connectivity index (χ1n) is 5.42. The number of likely N-dealkylation sites (N-methyl/N-ethyl adjacent to an activating group) is 1. The number of hydrogen-bond acceptors (Lipinski definition) is 3. The second kappa shape index (κ2) is 6.09. The summed E-state index contributed by atoms with van der Waals surface area (Å²) in [4.78, 5) is 27.2. The summed E-state index contributed by atoms with van der Waals surface area (Å²) < 4.78 is 0. The molecule has 0 spiro atoms. The molecule has 0 radical (unpaired) electrons. The number of anilines is 1. The van der Waals surface area contributed by atoms with Crippen LogP contribution < -0.4 is 4.90 Å². The molecule has 1 aromatic rings. The summed E-state index contributed by atoms with van der Waals surface area (Å²) in [5.74, 6) is -1.13. The fourth-order valence-corrected chi connectivity index (χ4v) is 2.25. The number of carbonyl (C=O) groups is 2. The lowest BCUT2D eigenvalue weighted by atomic mass is 10.1. The Balaban J connectivity index is 0.00000180. The molecular formula is C12H13Cl3N2O2. The molecule has 0 unspecified atom stereocenters. The summed E-state index contributed by atoms with van der Waals surface area (Å²) in [5, 5.41) is 0.436. The number of hydrogen-bond donors (Lipinski definition) is 0. The van der Waals surface area contributed by atoms with E-state index in [0.717, 1.165) is 0 Å². The van der Waals surface area contributed by atoms with E-state index < -0.39 is 11.7 Å². The van der Waals surface area contributed by atoms with Crippen LogP contribution in [-0.2, 0) is 4.79 Å². The number of benzene rings is 1. The molecule has 0 saturated carbocycles. The minimum absolute atomic E-state index is 0. The van der Waals surface area contributed by atoms with Gasteiger partial charge in [0, 0.05) is 13.1 Å². The van der Waals surface area contributed by atoms with Crippen LogP contribution in [0.3, 0.4) is 0 Å². The minimum atomic E-state index is -0.587. The third-order valence-corrected chi connectivity index (χ3v) is 3.61. The van der Waals surface area contributed by atoms with Gasteiger partial charge in [-0.3, -0.25) is 9.59 Å². The molecule has 2 rings (SSSR count). The van der Waals surface area contributed by atoms with Gasteiger partial charge in [0.05, 0.1) is 21.3 Å². The van der Waals surface area contributed by atoms with E-state index in [1.54, 1.807) is 12.1 Å². The minimum Gasteiger partial charge on any atom is -0.308 e. The smallest absolute Gasteiger partial charge is 0.299 e. The Morgan fingerprint density at radius 2 is 1.84 bits per heavy atom. The first-order valence-corrected chi connectivity index (χ1v) is 6.18. The van der Waals surface area contributed by atoms with Gasteiger partial charge in [-0.25, -0.2) is 0 Å². The predicted octanol–water partition coefficient (Wildman–Crippen LogP) is 2.51. The lowest BCUT2D eigenvalue weighted by Gasteiger charge is -2.19. The Hall–Kier alpha value is -0.810. The van der Waals surface area contributed by atoms with Crippen LogP contribution in [0.4, 0.5) is 5.69 Å². The van der Waals surface area contributed by atoms with Gasteiger partial charge in [-0.15, -0.1) is 12.4 Å². The summed E-state index contributed by atoms with van der Waals surface area (Å²) in [6, 6.07) is 3.25. The standard InChI is InChI=1S/C12H12Cl2N2O2.ClH/c1-15(2)5-6-16-8-4-3-7(13)10(14)9(8)11(17)12(16)18;/h3-4H,5-6H2,1-2H3;1H. The van der Waals surface area contributed by atoms with E-state index in [1.165, 1.54) is 4.90 Å². The predicted molar refractivity (Wildman–Crippen MR) is 78.9 cm³/mol. The molecule has 19 heavy (non-hydrogen) atoms. The van der Waals surface area contributed by atoms with Gasteiger partial charge in [0.2, 0.25) is 0 Å². The average molecular weight is 324 g/mol. The van der Waals surface area contributed by atoms with E-state index in [4.69, 9.17) is 23.2 Å². The number of nitrogens with zero attached hydrogens (tertiary/aromatic N) is 2. The molecule has 4 nitrogen and oxygen atoms in total. The van der Waals surface area contributed by atoms with Crippen LogP contribution in [0.1, 0.15) is 10.4 Å². The van der Waals surface area contributed by atoms with Crippen molar-refractivity contribution < 1.29 is 9.59 Å². The van der Waals surface area contributed by atoms with E-state index >= 15 is 0 Å². The summed E-state index contributed by atoms with van der Waals surface area (Å²) in [7, 11) is 3.80. The van der Waals surface area contributed by atoms with E-state index in [0.29, 0.717) is 18.8 Å². The highest BCUT2D eigenvalue weighted by molar-refractivity contribution is 6.56. The lowest BCUT2D eigenvalue weighted by molar-refractivity contribution is -0.114. The molecule has 1 amide bonds. The summed E-state index contributed by atoms with van der Waals surface area (Å²) in [6.45, 7) is 1.11. The number of amides is 1. The fourth-order valence-electron chi connectivity index (χ4n) is 1.84. The molecule has 0 saturated heterocycles.